The summed E-state index contributed by atoms with van der Waals surface area (Å²) in [7, 11) is 0. The van der Waals surface area contributed by atoms with E-state index in [1.165, 1.54) is 17.3 Å². The van der Waals surface area contributed by atoms with Gasteiger partial charge in [0.15, 0.2) is 0 Å². The van der Waals surface area contributed by atoms with Crippen LogP contribution >= 0.6 is 11.3 Å². The molecule has 0 atom stereocenters. The molecule has 3 rings (SSSR count). The first-order valence-electron chi connectivity index (χ1n) is 7.88. The van der Waals surface area contributed by atoms with Gasteiger partial charge in [0.25, 0.3) is 0 Å². The van der Waals surface area contributed by atoms with Crippen LogP contribution in [0.15, 0.2) is 19.0 Å². The van der Waals surface area contributed by atoms with Gasteiger partial charge in [-0.25, -0.2) is 19.7 Å². The molecule has 1 N–H and O–H groups in total. The Morgan fingerprint density at radius 2 is 1.75 bits per heavy atom. The maximum absolute atomic E-state index is 10.9. The van der Waals surface area contributed by atoms with Crippen molar-refractivity contribution in [2.75, 3.05) is 0 Å². The molecule has 0 spiro atoms. The Kier molecular flexibility index (Phi) is 3.83. The van der Waals surface area contributed by atoms with Gasteiger partial charge in [-0.3, -0.25) is 0 Å². The van der Waals surface area contributed by atoms with Crippen molar-refractivity contribution in [2.24, 2.45) is 0 Å². The van der Waals surface area contributed by atoms with Crippen LogP contribution in [0.5, 0.6) is 0 Å². The summed E-state index contributed by atoms with van der Waals surface area (Å²) in [6.07, 6.45) is 5.24. The zero-order valence-corrected chi connectivity index (χ0v) is 15.2. The first-order valence-corrected chi connectivity index (χ1v) is 8.70. The summed E-state index contributed by atoms with van der Waals surface area (Å²) in [6, 6.07) is 0. The minimum atomic E-state index is -1.14. The summed E-state index contributed by atoms with van der Waals surface area (Å²) < 4.78 is 0. The predicted octanol–water partition coefficient (Wildman–Crippen LogP) is 4.04. The van der Waals surface area contributed by atoms with E-state index in [2.05, 4.69) is 44.2 Å². The van der Waals surface area contributed by atoms with Gasteiger partial charge in [0, 0.05) is 39.2 Å². The van der Waals surface area contributed by atoms with E-state index in [0.29, 0.717) is 5.56 Å². The van der Waals surface area contributed by atoms with Crippen LogP contribution in [-0.4, -0.2) is 26.0 Å². The lowest BCUT2D eigenvalue weighted by Gasteiger charge is -2.37. The van der Waals surface area contributed by atoms with Gasteiger partial charge >= 0.3 is 5.97 Å². The number of carboxylic acid groups (broad SMARTS) is 1. The van der Waals surface area contributed by atoms with E-state index in [-0.39, 0.29) is 16.7 Å². The Hall–Kier alpha value is -2.08. The van der Waals surface area contributed by atoms with Gasteiger partial charge in [0.2, 0.25) is 5.82 Å². The Morgan fingerprint density at radius 1 is 1.17 bits per heavy atom. The lowest BCUT2D eigenvalue weighted by Crippen LogP contribution is -2.32. The fourth-order valence-corrected chi connectivity index (χ4v) is 4.31. The number of nitrogens with zero attached hydrogens (tertiary/aromatic N) is 3. The maximum Gasteiger partial charge on any atom is 0.373 e. The van der Waals surface area contributed by atoms with Gasteiger partial charge in [-0.05, 0) is 12.8 Å². The summed E-state index contributed by atoms with van der Waals surface area (Å²) >= 11 is 1.68. The van der Waals surface area contributed by atoms with Crippen LogP contribution < -0.4 is 0 Å². The van der Waals surface area contributed by atoms with Crippen molar-refractivity contribution in [1.82, 2.24) is 15.0 Å². The molecule has 0 saturated heterocycles. The number of aromatic nitrogens is 3. The number of aromatic carboxylic acids is 1. The average molecular weight is 343 g/mol. The average Bonchev–Trinajstić information content (AvgIpc) is 2.99. The van der Waals surface area contributed by atoms with Gasteiger partial charge in [-0.2, -0.15) is 0 Å². The first-order chi connectivity index (χ1) is 11.1. The molecule has 2 heterocycles. The van der Waals surface area contributed by atoms with Gasteiger partial charge in [-0.15, -0.1) is 11.3 Å². The van der Waals surface area contributed by atoms with Gasteiger partial charge in [0.05, 0.1) is 5.69 Å². The van der Waals surface area contributed by atoms with E-state index in [1.807, 2.05) is 0 Å². The van der Waals surface area contributed by atoms with Crippen LogP contribution in [0.1, 0.15) is 72.3 Å². The minimum Gasteiger partial charge on any atom is -0.475 e. The molecule has 0 saturated carbocycles. The highest BCUT2D eigenvalue weighted by Gasteiger charge is 2.40. The third-order valence-corrected chi connectivity index (χ3v) is 6.19. The number of carbonyl (C=O) groups is 1. The van der Waals surface area contributed by atoms with E-state index in [4.69, 9.17) is 10.1 Å². The van der Waals surface area contributed by atoms with Crippen LogP contribution in [0.3, 0.4) is 0 Å². The highest BCUT2D eigenvalue weighted by atomic mass is 32.1. The van der Waals surface area contributed by atoms with Crippen molar-refractivity contribution in [1.29, 1.82) is 0 Å². The predicted molar refractivity (Wildman–Crippen MR) is 94.5 cm³/mol. The van der Waals surface area contributed by atoms with Crippen molar-refractivity contribution in [3.63, 3.8) is 0 Å². The molecule has 126 valence electrons. The lowest BCUT2D eigenvalue weighted by molar-refractivity contribution is 0.0683. The van der Waals surface area contributed by atoms with Crippen molar-refractivity contribution in [2.45, 2.75) is 51.4 Å². The van der Waals surface area contributed by atoms with Gasteiger partial charge in [-0.1, -0.05) is 34.3 Å². The van der Waals surface area contributed by atoms with E-state index in [1.54, 1.807) is 11.3 Å². The monoisotopic (exact) mass is 343 g/mol. The van der Waals surface area contributed by atoms with Crippen molar-refractivity contribution >= 4 is 22.9 Å². The molecular weight excluding hydrogens is 322 g/mol. The maximum atomic E-state index is 10.9. The SMILES string of the molecule is C=C(c1cnc(C(=O)O)nc1)c1nc2c(s1)C(C)(C)CCC2(C)C. The Labute approximate surface area is 145 Å². The highest BCUT2D eigenvalue weighted by Crippen LogP contribution is 2.48. The Balaban J connectivity index is 2.00. The third kappa shape index (κ3) is 2.75. The number of hydrogen-bond acceptors (Lipinski definition) is 5. The van der Waals surface area contributed by atoms with Crippen LogP contribution in [0.4, 0.5) is 0 Å². The molecule has 24 heavy (non-hydrogen) atoms. The largest absolute Gasteiger partial charge is 0.475 e. The highest BCUT2D eigenvalue weighted by molar-refractivity contribution is 7.13. The summed E-state index contributed by atoms with van der Waals surface area (Å²) in [4.78, 5) is 24.8. The van der Waals surface area contributed by atoms with Crippen LogP contribution in [0.25, 0.3) is 5.57 Å². The topological polar surface area (TPSA) is 76.0 Å². The molecule has 0 fully saturated rings. The summed E-state index contributed by atoms with van der Waals surface area (Å²) in [5, 5.41) is 9.76. The number of thiazole rings is 1. The van der Waals surface area contributed by atoms with Gasteiger partial charge in [0.1, 0.15) is 5.01 Å². The van der Waals surface area contributed by atoms with E-state index in [0.717, 1.165) is 29.1 Å². The molecule has 5 nitrogen and oxygen atoms in total. The third-order valence-electron chi connectivity index (χ3n) is 4.71. The van der Waals surface area contributed by atoms with E-state index < -0.39 is 5.97 Å². The van der Waals surface area contributed by atoms with E-state index in [9.17, 15) is 4.79 Å². The zero-order chi connectivity index (χ0) is 17.7. The molecule has 0 amide bonds. The van der Waals surface area contributed by atoms with Crippen LogP contribution in [-0.2, 0) is 10.8 Å². The Morgan fingerprint density at radius 3 is 2.29 bits per heavy atom. The number of fused-ring (bicyclic) bond motifs is 1. The standard InChI is InChI=1S/C18H21N3O2S/c1-10(11-8-19-14(16(22)23)20-9-11)15-21-12-13(24-15)18(4,5)7-6-17(12,2)3/h8-9H,1,6-7H2,2-5H3,(H,22,23). The molecule has 2 aromatic rings. The summed E-state index contributed by atoms with van der Waals surface area (Å²) in [5.41, 5.74) is 2.76. The fraction of sp³-hybridized carbons (Fsp3) is 0.444. The summed E-state index contributed by atoms with van der Waals surface area (Å²) in [6.45, 7) is 13.1. The molecule has 1 aliphatic carbocycles. The zero-order valence-electron chi connectivity index (χ0n) is 14.4. The molecule has 6 heteroatoms. The van der Waals surface area contributed by atoms with Gasteiger partial charge < -0.3 is 5.11 Å². The summed E-state index contributed by atoms with van der Waals surface area (Å²) in [5.74, 6) is -1.35. The van der Waals surface area contributed by atoms with Crippen molar-refractivity contribution in [3.05, 3.63) is 45.9 Å². The molecule has 0 aromatic carbocycles. The number of rotatable bonds is 3. The number of carboxylic acids is 1. The second-order valence-electron chi connectivity index (χ2n) is 7.54. The molecule has 0 unspecified atom stereocenters. The normalized spacial score (nSPS) is 18.0. The van der Waals surface area contributed by atoms with Crippen LogP contribution in [0.2, 0.25) is 0 Å². The van der Waals surface area contributed by atoms with E-state index >= 15 is 0 Å². The Bertz CT molecular complexity index is 786. The second-order valence-corrected chi connectivity index (χ2v) is 8.54. The van der Waals surface area contributed by atoms with Crippen molar-refractivity contribution in [3.8, 4) is 0 Å². The second kappa shape index (κ2) is 5.48. The lowest BCUT2D eigenvalue weighted by atomic mass is 9.69. The first kappa shape index (κ1) is 16.8. The van der Waals surface area contributed by atoms with Crippen LogP contribution in [0, 0.1) is 0 Å². The molecule has 0 aliphatic heterocycles. The minimum absolute atomic E-state index is 0.0591. The smallest absolute Gasteiger partial charge is 0.373 e. The van der Waals surface area contributed by atoms with Crippen molar-refractivity contribution < 1.29 is 9.90 Å². The fourth-order valence-electron chi connectivity index (χ4n) is 2.94. The molecule has 0 radical (unpaired) electrons. The molecule has 2 aromatic heterocycles. The quantitative estimate of drug-likeness (QED) is 0.910. The molecule has 0 bridgehead atoms. The molecule has 1 aliphatic rings. The number of hydrogen-bond donors (Lipinski definition) is 1. The molecular formula is C18H21N3O2S.